The molecular weight excluding hydrogens is 389 g/mol. The van der Waals surface area contributed by atoms with Crippen LogP contribution in [0.2, 0.25) is 5.02 Å². The molecule has 0 spiro atoms. The van der Waals surface area contributed by atoms with Crippen LogP contribution in [0, 0.1) is 3.57 Å². The lowest BCUT2D eigenvalue weighted by molar-refractivity contribution is 0.182. The topological polar surface area (TPSA) is 39.1 Å². The van der Waals surface area contributed by atoms with Crippen molar-refractivity contribution >= 4 is 34.2 Å². The first-order valence-electron chi connectivity index (χ1n) is 6.30. The van der Waals surface area contributed by atoms with Crippen LogP contribution in [0.3, 0.4) is 0 Å². The van der Waals surface area contributed by atoms with Crippen molar-refractivity contribution in [3.8, 4) is 0 Å². The Balaban J connectivity index is 2.35. The Morgan fingerprint density at radius 3 is 2.70 bits per heavy atom. The number of benzene rings is 1. The molecule has 0 bridgehead atoms. The number of nitrogens with zero attached hydrogens (tertiary/aromatic N) is 2. The van der Waals surface area contributed by atoms with Gasteiger partial charge in [0.25, 0.3) is 0 Å². The molecule has 0 amide bonds. The van der Waals surface area contributed by atoms with E-state index in [0.717, 1.165) is 11.3 Å². The number of halogens is 2. The highest BCUT2D eigenvalue weighted by Gasteiger charge is 2.20. The van der Waals surface area contributed by atoms with Gasteiger partial charge in [-0.25, -0.2) is 0 Å². The molecule has 0 aliphatic carbocycles. The second kappa shape index (κ2) is 7.40. The molecule has 0 saturated carbocycles. The molecule has 1 heterocycles. The molecule has 1 aromatic carbocycles. The van der Waals surface area contributed by atoms with Crippen molar-refractivity contribution in [2.24, 2.45) is 0 Å². The van der Waals surface area contributed by atoms with Crippen molar-refractivity contribution in [2.75, 3.05) is 20.8 Å². The zero-order chi connectivity index (χ0) is 14.5. The first-order valence-corrected chi connectivity index (χ1v) is 7.76. The highest BCUT2D eigenvalue weighted by Crippen LogP contribution is 2.28. The van der Waals surface area contributed by atoms with Gasteiger partial charge in [0.15, 0.2) is 0 Å². The first kappa shape index (κ1) is 15.8. The standard InChI is InChI=1S/C14H17ClIN3O/c1-17-13(10-3-5-11(16)6-4-10)14-12(15)9-18-19(14)7-8-20-2/h3-6,9,13,17H,7-8H2,1-2H3. The average Bonchev–Trinajstić information content (AvgIpc) is 2.81. The molecule has 0 saturated heterocycles. The molecule has 2 aromatic rings. The number of rotatable bonds is 6. The molecule has 4 nitrogen and oxygen atoms in total. The van der Waals surface area contributed by atoms with Crippen LogP contribution in [0.15, 0.2) is 30.5 Å². The second-order valence-electron chi connectivity index (χ2n) is 4.37. The van der Waals surface area contributed by atoms with Gasteiger partial charge in [-0.3, -0.25) is 4.68 Å². The smallest absolute Gasteiger partial charge is 0.0837 e. The van der Waals surface area contributed by atoms with Crippen molar-refractivity contribution in [1.82, 2.24) is 15.1 Å². The Morgan fingerprint density at radius 1 is 1.40 bits per heavy atom. The summed E-state index contributed by atoms with van der Waals surface area (Å²) in [4.78, 5) is 0. The van der Waals surface area contributed by atoms with Crippen LogP contribution in [0.25, 0.3) is 0 Å². The quantitative estimate of drug-likeness (QED) is 0.751. The number of nitrogens with one attached hydrogen (secondary N) is 1. The van der Waals surface area contributed by atoms with E-state index in [1.165, 1.54) is 3.57 Å². The molecule has 1 aromatic heterocycles. The maximum atomic E-state index is 6.31. The van der Waals surface area contributed by atoms with Gasteiger partial charge in [0.2, 0.25) is 0 Å². The lowest BCUT2D eigenvalue weighted by Gasteiger charge is -2.19. The summed E-state index contributed by atoms with van der Waals surface area (Å²) in [6, 6.07) is 8.40. The molecular formula is C14H17ClIN3O. The van der Waals surface area contributed by atoms with Crippen LogP contribution in [0.1, 0.15) is 17.3 Å². The van der Waals surface area contributed by atoms with E-state index in [2.05, 4.69) is 57.3 Å². The molecule has 0 aliphatic heterocycles. The van der Waals surface area contributed by atoms with Gasteiger partial charge in [-0.15, -0.1) is 0 Å². The normalized spacial score (nSPS) is 12.6. The Morgan fingerprint density at radius 2 is 2.10 bits per heavy atom. The summed E-state index contributed by atoms with van der Waals surface area (Å²) in [5.74, 6) is 0. The zero-order valence-corrected chi connectivity index (χ0v) is 14.4. The van der Waals surface area contributed by atoms with E-state index in [0.29, 0.717) is 18.2 Å². The Labute approximate surface area is 137 Å². The Bertz CT molecular complexity index is 556. The first-order chi connectivity index (χ1) is 9.67. The van der Waals surface area contributed by atoms with E-state index in [1.54, 1.807) is 13.3 Å². The van der Waals surface area contributed by atoms with Gasteiger partial charge in [-0.2, -0.15) is 5.10 Å². The molecule has 20 heavy (non-hydrogen) atoms. The van der Waals surface area contributed by atoms with Crippen LogP contribution in [0.5, 0.6) is 0 Å². The minimum atomic E-state index is 0.0128. The Hall–Kier alpha value is -0.630. The van der Waals surface area contributed by atoms with Gasteiger partial charge in [-0.05, 0) is 47.3 Å². The van der Waals surface area contributed by atoms with E-state index in [4.69, 9.17) is 16.3 Å². The van der Waals surface area contributed by atoms with Crippen molar-refractivity contribution in [3.63, 3.8) is 0 Å². The maximum Gasteiger partial charge on any atom is 0.0837 e. The summed E-state index contributed by atoms with van der Waals surface area (Å²) < 4.78 is 8.22. The van der Waals surface area contributed by atoms with Gasteiger partial charge in [0.1, 0.15) is 0 Å². The number of methoxy groups -OCH3 is 1. The molecule has 1 atom stereocenters. The van der Waals surface area contributed by atoms with Gasteiger partial charge in [-0.1, -0.05) is 23.7 Å². The predicted octanol–water partition coefficient (Wildman–Crippen LogP) is 3.10. The molecule has 0 fully saturated rings. The monoisotopic (exact) mass is 405 g/mol. The summed E-state index contributed by atoms with van der Waals surface area (Å²) in [7, 11) is 3.60. The van der Waals surface area contributed by atoms with Crippen LogP contribution < -0.4 is 5.32 Å². The van der Waals surface area contributed by atoms with Gasteiger partial charge >= 0.3 is 0 Å². The summed E-state index contributed by atoms with van der Waals surface area (Å²) >= 11 is 8.61. The molecule has 0 radical (unpaired) electrons. The van der Waals surface area contributed by atoms with Crippen LogP contribution >= 0.6 is 34.2 Å². The molecule has 6 heteroatoms. The second-order valence-corrected chi connectivity index (χ2v) is 6.02. The number of ether oxygens (including phenoxy) is 1. The Kier molecular flexibility index (Phi) is 5.83. The fourth-order valence-electron chi connectivity index (χ4n) is 2.13. The molecule has 1 unspecified atom stereocenters. The minimum absolute atomic E-state index is 0.0128. The van der Waals surface area contributed by atoms with Gasteiger partial charge in [0.05, 0.1) is 36.1 Å². The fraction of sp³-hybridized carbons (Fsp3) is 0.357. The minimum Gasteiger partial charge on any atom is -0.383 e. The SMILES string of the molecule is CNC(c1ccc(I)cc1)c1c(Cl)cnn1CCOC. The van der Waals surface area contributed by atoms with E-state index in [1.807, 2.05) is 11.7 Å². The van der Waals surface area contributed by atoms with Crippen LogP contribution in [-0.4, -0.2) is 30.5 Å². The third-order valence-electron chi connectivity index (χ3n) is 3.11. The lowest BCUT2D eigenvalue weighted by Crippen LogP contribution is -2.23. The molecule has 2 rings (SSSR count). The number of hydrogen-bond donors (Lipinski definition) is 1. The third kappa shape index (κ3) is 3.52. The van der Waals surface area contributed by atoms with Gasteiger partial charge in [0, 0.05) is 10.7 Å². The van der Waals surface area contributed by atoms with Crippen molar-refractivity contribution in [3.05, 3.63) is 50.3 Å². The van der Waals surface area contributed by atoms with E-state index in [9.17, 15) is 0 Å². The predicted molar refractivity (Wildman–Crippen MR) is 89.2 cm³/mol. The summed E-state index contributed by atoms with van der Waals surface area (Å²) in [6.45, 7) is 1.29. The van der Waals surface area contributed by atoms with E-state index < -0.39 is 0 Å². The third-order valence-corrected chi connectivity index (χ3v) is 4.12. The summed E-state index contributed by atoms with van der Waals surface area (Å²) in [5, 5.41) is 8.30. The van der Waals surface area contributed by atoms with Crippen molar-refractivity contribution < 1.29 is 4.74 Å². The van der Waals surface area contributed by atoms with Crippen molar-refractivity contribution in [1.29, 1.82) is 0 Å². The maximum absolute atomic E-state index is 6.31. The summed E-state index contributed by atoms with van der Waals surface area (Å²) in [5.41, 5.74) is 2.13. The van der Waals surface area contributed by atoms with Crippen LogP contribution in [-0.2, 0) is 11.3 Å². The molecule has 0 aliphatic rings. The highest BCUT2D eigenvalue weighted by molar-refractivity contribution is 14.1. The summed E-state index contributed by atoms with van der Waals surface area (Å²) in [6.07, 6.45) is 1.68. The van der Waals surface area contributed by atoms with Gasteiger partial charge < -0.3 is 10.1 Å². The zero-order valence-electron chi connectivity index (χ0n) is 11.4. The number of hydrogen-bond acceptors (Lipinski definition) is 3. The number of aromatic nitrogens is 2. The van der Waals surface area contributed by atoms with E-state index in [-0.39, 0.29) is 6.04 Å². The highest BCUT2D eigenvalue weighted by atomic mass is 127. The molecule has 108 valence electrons. The molecule has 1 N–H and O–H groups in total. The fourth-order valence-corrected chi connectivity index (χ4v) is 2.74. The average molecular weight is 406 g/mol. The lowest BCUT2D eigenvalue weighted by atomic mass is 10.0. The van der Waals surface area contributed by atoms with E-state index >= 15 is 0 Å². The largest absolute Gasteiger partial charge is 0.383 e. The van der Waals surface area contributed by atoms with Crippen molar-refractivity contribution in [2.45, 2.75) is 12.6 Å². The van der Waals surface area contributed by atoms with Crippen LogP contribution in [0.4, 0.5) is 0 Å².